The Morgan fingerprint density at radius 1 is 1.53 bits per heavy atom. The van der Waals surface area contributed by atoms with E-state index in [1.54, 1.807) is 25.4 Å². The van der Waals surface area contributed by atoms with Crippen LogP contribution in [0.25, 0.3) is 10.9 Å². The van der Waals surface area contributed by atoms with Crippen molar-refractivity contribution in [3.63, 3.8) is 0 Å². The van der Waals surface area contributed by atoms with Crippen LogP contribution in [0.4, 0.5) is 4.39 Å². The monoisotopic (exact) mass is 208 g/mol. The molecule has 0 fully saturated rings. The van der Waals surface area contributed by atoms with Gasteiger partial charge in [0.05, 0.1) is 11.6 Å². The number of benzene rings is 1. The van der Waals surface area contributed by atoms with Gasteiger partial charge in [-0.25, -0.2) is 4.39 Å². The third-order valence-electron chi connectivity index (χ3n) is 2.45. The summed E-state index contributed by atoms with van der Waals surface area (Å²) in [4.78, 5) is 2.83. The largest absolute Gasteiger partial charge is 0.387 e. The summed E-state index contributed by atoms with van der Waals surface area (Å²) in [5, 5.41) is 13.4. The van der Waals surface area contributed by atoms with Gasteiger partial charge in [-0.05, 0) is 13.1 Å². The van der Waals surface area contributed by atoms with Crippen molar-refractivity contribution in [1.29, 1.82) is 0 Å². The lowest BCUT2D eigenvalue weighted by atomic mass is 10.1. The normalized spacial score (nSPS) is 13.3. The van der Waals surface area contributed by atoms with Crippen molar-refractivity contribution in [2.75, 3.05) is 13.6 Å². The molecule has 2 rings (SSSR count). The van der Waals surface area contributed by atoms with E-state index < -0.39 is 6.10 Å². The average molecular weight is 208 g/mol. The molecule has 0 spiro atoms. The first-order chi connectivity index (χ1) is 7.24. The van der Waals surface area contributed by atoms with Crippen LogP contribution in [-0.4, -0.2) is 23.7 Å². The molecule has 4 heteroatoms. The molecule has 0 aliphatic rings. The minimum absolute atomic E-state index is 0.296. The number of hydrogen-bond donors (Lipinski definition) is 3. The summed E-state index contributed by atoms with van der Waals surface area (Å²) in [5.41, 5.74) is 1.17. The van der Waals surface area contributed by atoms with Crippen molar-refractivity contribution in [2.45, 2.75) is 6.10 Å². The van der Waals surface area contributed by atoms with Crippen LogP contribution in [0.3, 0.4) is 0 Å². The van der Waals surface area contributed by atoms with Crippen LogP contribution < -0.4 is 5.32 Å². The van der Waals surface area contributed by atoms with Crippen LogP contribution in [-0.2, 0) is 0 Å². The average Bonchev–Trinajstić information content (AvgIpc) is 2.63. The Hall–Kier alpha value is -1.39. The first kappa shape index (κ1) is 10.1. The zero-order valence-corrected chi connectivity index (χ0v) is 8.42. The molecule has 15 heavy (non-hydrogen) atoms. The molecule has 0 radical (unpaired) electrons. The minimum Gasteiger partial charge on any atom is -0.387 e. The minimum atomic E-state index is -0.620. The molecule has 0 amide bonds. The van der Waals surface area contributed by atoms with E-state index in [-0.39, 0.29) is 5.82 Å². The third kappa shape index (κ3) is 1.73. The van der Waals surface area contributed by atoms with Crippen LogP contribution in [0.1, 0.15) is 11.7 Å². The van der Waals surface area contributed by atoms with Gasteiger partial charge in [-0.1, -0.05) is 12.1 Å². The molecule has 1 atom stereocenters. The van der Waals surface area contributed by atoms with Gasteiger partial charge in [-0.3, -0.25) is 0 Å². The standard InChI is InChI=1S/C11H13FN2O/c1-13-6-10(15)8-5-14-11-7(8)3-2-4-9(11)12/h2-5,10,13-15H,6H2,1H3. The first-order valence-electron chi connectivity index (χ1n) is 4.82. The number of para-hydroxylation sites is 1. The maximum absolute atomic E-state index is 13.3. The molecule has 1 aromatic carbocycles. The lowest BCUT2D eigenvalue weighted by Gasteiger charge is -2.08. The molecule has 3 N–H and O–H groups in total. The topological polar surface area (TPSA) is 48.0 Å². The fraction of sp³-hybridized carbons (Fsp3) is 0.273. The molecule has 1 heterocycles. The Labute approximate surface area is 86.9 Å². The lowest BCUT2D eigenvalue weighted by Crippen LogP contribution is -2.16. The molecule has 0 aliphatic carbocycles. The molecule has 0 saturated heterocycles. The van der Waals surface area contributed by atoms with E-state index in [2.05, 4.69) is 10.3 Å². The zero-order chi connectivity index (χ0) is 10.8. The second-order valence-corrected chi connectivity index (χ2v) is 3.48. The molecule has 1 unspecified atom stereocenters. The number of nitrogens with one attached hydrogen (secondary N) is 2. The molecule has 80 valence electrons. The van der Waals surface area contributed by atoms with Crippen molar-refractivity contribution in [1.82, 2.24) is 10.3 Å². The number of halogens is 1. The summed E-state index contributed by atoms with van der Waals surface area (Å²) in [7, 11) is 1.76. The number of aliphatic hydroxyl groups is 1. The van der Waals surface area contributed by atoms with Crippen LogP contribution in [0, 0.1) is 5.82 Å². The first-order valence-corrected chi connectivity index (χ1v) is 4.82. The Kier molecular flexibility index (Phi) is 2.70. The lowest BCUT2D eigenvalue weighted by molar-refractivity contribution is 0.179. The molecule has 0 bridgehead atoms. The maximum Gasteiger partial charge on any atom is 0.147 e. The van der Waals surface area contributed by atoms with Gasteiger partial charge in [-0.2, -0.15) is 0 Å². The maximum atomic E-state index is 13.3. The molecule has 0 saturated carbocycles. The van der Waals surface area contributed by atoms with Crippen molar-refractivity contribution < 1.29 is 9.50 Å². The highest BCUT2D eigenvalue weighted by atomic mass is 19.1. The van der Waals surface area contributed by atoms with Crippen LogP contribution in [0.5, 0.6) is 0 Å². The zero-order valence-electron chi connectivity index (χ0n) is 8.42. The molecule has 0 aliphatic heterocycles. The Bertz CT molecular complexity index is 467. The summed E-state index contributed by atoms with van der Waals surface area (Å²) in [6.07, 6.45) is 1.03. The summed E-state index contributed by atoms with van der Waals surface area (Å²) in [6, 6.07) is 4.83. The highest BCUT2D eigenvalue weighted by Gasteiger charge is 2.13. The summed E-state index contributed by atoms with van der Waals surface area (Å²) in [5.74, 6) is -0.296. The van der Waals surface area contributed by atoms with Gasteiger partial charge in [0.15, 0.2) is 0 Å². The number of H-pyrrole nitrogens is 1. The smallest absolute Gasteiger partial charge is 0.147 e. The fourth-order valence-electron chi connectivity index (χ4n) is 1.72. The number of aromatic nitrogens is 1. The number of rotatable bonds is 3. The second-order valence-electron chi connectivity index (χ2n) is 3.48. The van der Waals surface area contributed by atoms with Crippen molar-refractivity contribution >= 4 is 10.9 Å². The number of hydrogen-bond acceptors (Lipinski definition) is 2. The molecule has 1 aromatic heterocycles. The third-order valence-corrected chi connectivity index (χ3v) is 2.45. The van der Waals surface area contributed by atoms with Gasteiger partial charge < -0.3 is 15.4 Å². The quantitative estimate of drug-likeness (QED) is 0.717. The number of aliphatic hydroxyl groups excluding tert-OH is 1. The van der Waals surface area contributed by atoms with E-state index in [1.807, 2.05) is 0 Å². The van der Waals surface area contributed by atoms with Crippen molar-refractivity contribution in [3.05, 3.63) is 35.8 Å². The number of fused-ring (bicyclic) bond motifs is 1. The summed E-state index contributed by atoms with van der Waals surface area (Å²) >= 11 is 0. The van der Waals surface area contributed by atoms with Crippen molar-refractivity contribution in [2.24, 2.45) is 0 Å². The summed E-state index contributed by atoms with van der Waals surface area (Å²) in [6.45, 7) is 0.448. The van der Waals surface area contributed by atoms with Crippen LogP contribution in [0.15, 0.2) is 24.4 Å². The fourth-order valence-corrected chi connectivity index (χ4v) is 1.72. The van der Waals surface area contributed by atoms with Gasteiger partial charge in [0.1, 0.15) is 5.82 Å². The predicted octanol–water partition coefficient (Wildman–Crippen LogP) is 1.56. The predicted molar refractivity (Wildman–Crippen MR) is 57.1 cm³/mol. The Morgan fingerprint density at radius 2 is 2.33 bits per heavy atom. The second kappa shape index (κ2) is 4.00. The van der Waals surface area contributed by atoms with Crippen LogP contribution >= 0.6 is 0 Å². The van der Waals surface area contributed by atoms with E-state index in [4.69, 9.17) is 0 Å². The van der Waals surface area contributed by atoms with E-state index in [9.17, 15) is 9.50 Å². The molecular weight excluding hydrogens is 195 g/mol. The van der Waals surface area contributed by atoms with Crippen molar-refractivity contribution in [3.8, 4) is 0 Å². The highest BCUT2D eigenvalue weighted by molar-refractivity contribution is 5.84. The molecule has 2 aromatic rings. The van der Waals surface area contributed by atoms with E-state index >= 15 is 0 Å². The van der Waals surface area contributed by atoms with E-state index in [1.165, 1.54) is 6.07 Å². The van der Waals surface area contributed by atoms with Gasteiger partial charge >= 0.3 is 0 Å². The van der Waals surface area contributed by atoms with E-state index in [0.717, 1.165) is 10.9 Å². The summed E-state index contributed by atoms with van der Waals surface area (Å²) < 4.78 is 13.3. The Balaban J connectivity index is 2.49. The van der Waals surface area contributed by atoms with E-state index in [0.29, 0.717) is 12.1 Å². The van der Waals surface area contributed by atoms with Gasteiger partial charge in [0.25, 0.3) is 0 Å². The Morgan fingerprint density at radius 3 is 3.07 bits per heavy atom. The number of likely N-dealkylation sites (N-methyl/N-ethyl adjacent to an activating group) is 1. The van der Waals surface area contributed by atoms with Crippen LogP contribution in [0.2, 0.25) is 0 Å². The highest BCUT2D eigenvalue weighted by Crippen LogP contribution is 2.25. The molecular formula is C11H13FN2O. The molecule has 3 nitrogen and oxygen atoms in total. The number of aromatic amines is 1. The van der Waals surface area contributed by atoms with Gasteiger partial charge in [-0.15, -0.1) is 0 Å². The van der Waals surface area contributed by atoms with Gasteiger partial charge in [0.2, 0.25) is 0 Å². The van der Waals surface area contributed by atoms with Gasteiger partial charge in [0, 0.05) is 23.7 Å². The SMILES string of the molecule is CNCC(O)c1c[nH]c2c(F)cccc12.